The predicted octanol–water partition coefficient (Wildman–Crippen LogP) is 1.30. The number of ether oxygens (including phenoxy) is 1. The number of pyridine rings is 1. The number of anilines is 1. The number of hydrogen-bond donors (Lipinski definition) is 0. The zero-order valence-electron chi connectivity index (χ0n) is 8.56. The van der Waals surface area contributed by atoms with E-state index in [1.807, 2.05) is 13.0 Å². The lowest BCUT2D eigenvalue weighted by atomic mass is 10.2. The van der Waals surface area contributed by atoms with Gasteiger partial charge in [0.15, 0.2) is 0 Å². The number of hydrogen-bond acceptors (Lipinski definition) is 3. The zero-order valence-corrected chi connectivity index (χ0v) is 8.56. The molecule has 1 aromatic rings. The molecule has 0 atom stereocenters. The van der Waals surface area contributed by atoms with Crippen molar-refractivity contribution in [2.24, 2.45) is 0 Å². The van der Waals surface area contributed by atoms with Crippen molar-refractivity contribution in [3.05, 3.63) is 30.5 Å². The molecule has 0 saturated carbocycles. The van der Waals surface area contributed by atoms with Gasteiger partial charge in [0.1, 0.15) is 12.3 Å². The minimum Gasteiger partial charge on any atom is -0.474 e. The SMILES string of the molecule is C=CC(=O)N1CCOc2ncc(C)cc21. The van der Waals surface area contributed by atoms with Crippen LogP contribution in [0.2, 0.25) is 0 Å². The molecule has 1 aliphatic heterocycles. The Hall–Kier alpha value is -1.84. The minimum atomic E-state index is -0.119. The molecule has 1 aromatic heterocycles. The first-order valence-electron chi connectivity index (χ1n) is 4.76. The molecule has 0 fully saturated rings. The Labute approximate surface area is 88.2 Å². The number of carbonyl (C=O) groups is 1. The molecule has 0 spiro atoms. The molecule has 0 aliphatic carbocycles. The molecule has 0 unspecified atom stereocenters. The molecule has 15 heavy (non-hydrogen) atoms. The fourth-order valence-electron chi connectivity index (χ4n) is 1.54. The molecule has 0 N–H and O–H groups in total. The van der Waals surface area contributed by atoms with Gasteiger partial charge >= 0.3 is 0 Å². The Morgan fingerprint density at radius 3 is 3.27 bits per heavy atom. The minimum absolute atomic E-state index is 0.119. The van der Waals surface area contributed by atoms with Crippen molar-refractivity contribution < 1.29 is 9.53 Å². The van der Waals surface area contributed by atoms with Crippen molar-refractivity contribution in [2.45, 2.75) is 6.92 Å². The number of nitrogens with zero attached hydrogens (tertiary/aromatic N) is 2. The molecule has 4 heteroatoms. The Kier molecular flexibility index (Phi) is 2.41. The Morgan fingerprint density at radius 2 is 2.53 bits per heavy atom. The summed E-state index contributed by atoms with van der Waals surface area (Å²) in [6.45, 7) is 6.43. The van der Waals surface area contributed by atoms with Crippen LogP contribution in [0.5, 0.6) is 5.88 Å². The first kappa shape index (κ1) is 9.71. The molecule has 2 rings (SSSR count). The maximum Gasteiger partial charge on any atom is 0.250 e. The second-order valence-corrected chi connectivity index (χ2v) is 3.38. The van der Waals surface area contributed by atoms with Gasteiger partial charge in [-0.15, -0.1) is 0 Å². The highest BCUT2D eigenvalue weighted by Gasteiger charge is 2.22. The van der Waals surface area contributed by atoms with Gasteiger partial charge in [0.05, 0.1) is 6.54 Å². The molecular weight excluding hydrogens is 192 g/mol. The standard InChI is InChI=1S/C11H12N2O2/c1-3-10(14)13-4-5-15-11-9(13)6-8(2)7-12-11/h3,6-7H,1,4-5H2,2H3. The quantitative estimate of drug-likeness (QED) is 0.647. The van der Waals surface area contributed by atoms with E-state index in [1.165, 1.54) is 6.08 Å². The fourth-order valence-corrected chi connectivity index (χ4v) is 1.54. The third kappa shape index (κ3) is 1.70. The van der Waals surface area contributed by atoms with Crippen LogP contribution in [0, 0.1) is 6.92 Å². The van der Waals surface area contributed by atoms with Gasteiger partial charge in [-0.3, -0.25) is 4.79 Å². The highest BCUT2D eigenvalue weighted by molar-refractivity contribution is 6.02. The van der Waals surface area contributed by atoms with Crippen molar-refractivity contribution in [1.82, 2.24) is 4.98 Å². The number of aromatic nitrogens is 1. The second-order valence-electron chi connectivity index (χ2n) is 3.38. The van der Waals surface area contributed by atoms with E-state index in [9.17, 15) is 4.79 Å². The third-order valence-electron chi connectivity index (χ3n) is 2.25. The van der Waals surface area contributed by atoms with E-state index in [4.69, 9.17) is 4.74 Å². The lowest BCUT2D eigenvalue weighted by Crippen LogP contribution is -2.37. The van der Waals surface area contributed by atoms with Gasteiger partial charge < -0.3 is 9.64 Å². The summed E-state index contributed by atoms with van der Waals surface area (Å²) in [6.07, 6.45) is 3.03. The van der Waals surface area contributed by atoms with Crippen molar-refractivity contribution in [3.8, 4) is 5.88 Å². The Balaban J connectivity index is 2.44. The summed E-state index contributed by atoms with van der Waals surface area (Å²) < 4.78 is 5.36. The van der Waals surface area contributed by atoms with Crippen LogP contribution in [0.25, 0.3) is 0 Å². The predicted molar refractivity (Wildman–Crippen MR) is 57.0 cm³/mol. The molecule has 1 amide bonds. The van der Waals surface area contributed by atoms with Gasteiger partial charge in [-0.25, -0.2) is 4.98 Å². The van der Waals surface area contributed by atoms with Crippen LogP contribution in [-0.4, -0.2) is 24.0 Å². The van der Waals surface area contributed by atoms with Crippen molar-refractivity contribution in [1.29, 1.82) is 0 Å². The van der Waals surface area contributed by atoms with Gasteiger partial charge in [-0.1, -0.05) is 6.58 Å². The monoisotopic (exact) mass is 204 g/mol. The molecule has 2 heterocycles. The van der Waals surface area contributed by atoms with Crippen molar-refractivity contribution >= 4 is 11.6 Å². The lowest BCUT2D eigenvalue weighted by molar-refractivity contribution is -0.114. The van der Waals surface area contributed by atoms with E-state index >= 15 is 0 Å². The van der Waals surface area contributed by atoms with Gasteiger partial charge in [-0.2, -0.15) is 0 Å². The van der Waals surface area contributed by atoms with E-state index in [1.54, 1.807) is 11.1 Å². The normalized spacial score (nSPS) is 14.1. The van der Waals surface area contributed by atoms with Crippen LogP contribution in [0.1, 0.15) is 5.56 Å². The second kappa shape index (κ2) is 3.73. The van der Waals surface area contributed by atoms with E-state index in [0.29, 0.717) is 19.0 Å². The molecule has 1 aliphatic rings. The summed E-state index contributed by atoms with van der Waals surface area (Å²) in [5, 5.41) is 0. The number of aryl methyl sites for hydroxylation is 1. The maximum atomic E-state index is 11.6. The van der Waals surface area contributed by atoms with E-state index in [0.717, 1.165) is 11.3 Å². The first-order chi connectivity index (χ1) is 7.22. The Morgan fingerprint density at radius 1 is 1.73 bits per heavy atom. The van der Waals surface area contributed by atoms with Gasteiger partial charge in [0, 0.05) is 6.20 Å². The number of rotatable bonds is 1. The molecule has 4 nitrogen and oxygen atoms in total. The van der Waals surface area contributed by atoms with E-state index in [2.05, 4.69) is 11.6 Å². The topological polar surface area (TPSA) is 42.4 Å². The smallest absolute Gasteiger partial charge is 0.250 e. The summed E-state index contributed by atoms with van der Waals surface area (Å²) >= 11 is 0. The summed E-state index contributed by atoms with van der Waals surface area (Å²) in [7, 11) is 0. The number of fused-ring (bicyclic) bond motifs is 1. The van der Waals surface area contributed by atoms with Crippen LogP contribution in [-0.2, 0) is 4.79 Å². The summed E-state index contributed by atoms with van der Waals surface area (Å²) in [5.41, 5.74) is 1.73. The van der Waals surface area contributed by atoms with E-state index in [-0.39, 0.29) is 5.91 Å². The van der Waals surface area contributed by atoms with Gasteiger partial charge in [0.2, 0.25) is 5.88 Å². The average molecular weight is 204 g/mol. The number of amides is 1. The lowest BCUT2D eigenvalue weighted by Gasteiger charge is -2.27. The van der Waals surface area contributed by atoms with E-state index < -0.39 is 0 Å². The molecule has 78 valence electrons. The number of carbonyl (C=O) groups excluding carboxylic acids is 1. The Bertz CT molecular complexity index is 415. The summed E-state index contributed by atoms with van der Waals surface area (Å²) in [5.74, 6) is 0.397. The van der Waals surface area contributed by atoms with Crippen molar-refractivity contribution in [2.75, 3.05) is 18.1 Å². The maximum absolute atomic E-state index is 11.6. The molecular formula is C11H12N2O2. The highest BCUT2D eigenvalue weighted by Crippen LogP contribution is 2.29. The molecule has 0 radical (unpaired) electrons. The molecule has 0 bridgehead atoms. The summed E-state index contributed by atoms with van der Waals surface area (Å²) in [6, 6.07) is 1.89. The van der Waals surface area contributed by atoms with Crippen molar-refractivity contribution in [3.63, 3.8) is 0 Å². The van der Waals surface area contributed by atoms with Gasteiger partial charge in [-0.05, 0) is 24.6 Å². The largest absolute Gasteiger partial charge is 0.474 e. The first-order valence-corrected chi connectivity index (χ1v) is 4.76. The molecule has 0 aromatic carbocycles. The van der Waals surface area contributed by atoms with Gasteiger partial charge in [0.25, 0.3) is 5.91 Å². The average Bonchev–Trinajstić information content (AvgIpc) is 2.27. The third-order valence-corrected chi connectivity index (χ3v) is 2.25. The summed E-state index contributed by atoms with van der Waals surface area (Å²) in [4.78, 5) is 17.3. The zero-order chi connectivity index (χ0) is 10.8. The van der Waals surface area contributed by atoms with Crippen LogP contribution < -0.4 is 9.64 Å². The van der Waals surface area contributed by atoms with Crippen LogP contribution >= 0.6 is 0 Å². The van der Waals surface area contributed by atoms with Crippen LogP contribution in [0.3, 0.4) is 0 Å². The van der Waals surface area contributed by atoms with Crippen LogP contribution in [0.15, 0.2) is 24.9 Å². The van der Waals surface area contributed by atoms with Crippen LogP contribution in [0.4, 0.5) is 5.69 Å². The highest BCUT2D eigenvalue weighted by atomic mass is 16.5. The molecule has 0 saturated heterocycles. The fraction of sp³-hybridized carbons (Fsp3) is 0.273.